The van der Waals surface area contributed by atoms with Crippen molar-refractivity contribution in [2.75, 3.05) is 5.43 Å². The van der Waals surface area contributed by atoms with Crippen LogP contribution >= 0.6 is 11.3 Å². The van der Waals surface area contributed by atoms with Crippen LogP contribution in [-0.4, -0.2) is 11.2 Å². The number of rotatable bonds is 4. The average molecular weight is 347 g/mol. The van der Waals surface area contributed by atoms with E-state index in [1.54, 1.807) is 0 Å². The summed E-state index contributed by atoms with van der Waals surface area (Å²) < 4.78 is 37.4. The van der Waals surface area contributed by atoms with Crippen LogP contribution in [0, 0.1) is 0 Å². The van der Waals surface area contributed by atoms with Crippen molar-refractivity contribution in [2.24, 2.45) is 5.10 Å². The molecule has 7 heteroatoms. The van der Waals surface area contributed by atoms with Crippen molar-refractivity contribution in [1.29, 1.82) is 0 Å². The monoisotopic (exact) mass is 347 g/mol. The number of hydrogen-bond acceptors (Lipinski definition) is 4. The molecule has 24 heavy (non-hydrogen) atoms. The minimum atomic E-state index is -4.33. The molecule has 1 heterocycles. The second kappa shape index (κ2) is 6.84. The zero-order chi connectivity index (χ0) is 17.0. The number of nitrogens with one attached hydrogen (secondary N) is 1. The summed E-state index contributed by atoms with van der Waals surface area (Å²) in [6, 6.07) is 14.5. The van der Waals surface area contributed by atoms with Crippen molar-refractivity contribution in [3.05, 3.63) is 71.1 Å². The van der Waals surface area contributed by atoms with Gasteiger partial charge in [-0.25, -0.2) is 4.98 Å². The summed E-state index contributed by atoms with van der Waals surface area (Å²) in [5.74, 6) is 0. The molecule has 2 aromatic carbocycles. The SMILES string of the molecule is FC(F)(F)c1ccc(C=NNc2nc(-c3ccccc3)cs2)cc1. The average Bonchev–Trinajstić information content (AvgIpc) is 3.04. The largest absolute Gasteiger partial charge is 0.416 e. The van der Waals surface area contributed by atoms with Gasteiger partial charge in [-0.2, -0.15) is 18.3 Å². The summed E-state index contributed by atoms with van der Waals surface area (Å²) in [5, 5.41) is 6.52. The van der Waals surface area contributed by atoms with Crippen LogP contribution in [0.15, 0.2) is 65.1 Å². The third kappa shape index (κ3) is 3.99. The Morgan fingerprint density at radius 1 is 1.00 bits per heavy atom. The zero-order valence-corrected chi connectivity index (χ0v) is 13.1. The van der Waals surface area contributed by atoms with Crippen LogP contribution in [0.4, 0.5) is 18.3 Å². The first kappa shape index (κ1) is 16.2. The molecule has 0 spiro atoms. The Labute approximate surface area is 140 Å². The number of halogens is 3. The second-order valence-electron chi connectivity index (χ2n) is 4.89. The van der Waals surface area contributed by atoms with Gasteiger partial charge in [0, 0.05) is 10.9 Å². The quantitative estimate of drug-likeness (QED) is 0.515. The number of thiazole rings is 1. The minimum absolute atomic E-state index is 0.565. The first-order valence-electron chi connectivity index (χ1n) is 7.00. The van der Waals surface area contributed by atoms with E-state index in [1.807, 2.05) is 35.7 Å². The highest BCUT2D eigenvalue weighted by atomic mass is 32.1. The molecule has 0 aliphatic rings. The maximum atomic E-state index is 12.5. The maximum Gasteiger partial charge on any atom is 0.416 e. The molecule has 0 aliphatic carbocycles. The molecule has 1 aromatic heterocycles. The van der Waals surface area contributed by atoms with Crippen LogP contribution in [0.2, 0.25) is 0 Å². The predicted molar refractivity (Wildman–Crippen MR) is 90.2 cm³/mol. The summed E-state index contributed by atoms with van der Waals surface area (Å²) >= 11 is 1.40. The fraction of sp³-hybridized carbons (Fsp3) is 0.0588. The Kier molecular flexibility index (Phi) is 4.61. The fourth-order valence-electron chi connectivity index (χ4n) is 1.99. The van der Waals surface area contributed by atoms with Crippen molar-refractivity contribution in [1.82, 2.24) is 4.98 Å². The Hall–Kier alpha value is -2.67. The van der Waals surface area contributed by atoms with E-state index in [4.69, 9.17) is 0 Å². The van der Waals surface area contributed by atoms with E-state index in [0.29, 0.717) is 10.7 Å². The zero-order valence-electron chi connectivity index (χ0n) is 12.3. The van der Waals surface area contributed by atoms with Crippen LogP contribution in [0.1, 0.15) is 11.1 Å². The van der Waals surface area contributed by atoms with Gasteiger partial charge in [-0.1, -0.05) is 42.5 Å². The lowest BCUT2D eigenvalue weighted by molar-refractivity contribution is -0.137. The number of nitrogens with zero attached hydrogens (tertiary/aromatic N) is 2. The van der Waals surface area contributed by atoms with E-state index in [2.05, 4.69) is 15.5 Å². The summed E-state index contributed by atoms with van der Waals surface area (Å²) in [6.07, 6.45) is -2.88. The number of aromatic nitrogens is 1. The molecule has 3 aromatic rings. The van der Waals surface area contributed by atoms with Gasteiger partial charge in [0.2, 0.25) is 5.13 Å². The first-order valence-corrected chi connectivity index (χ1v) is 7.87. The number of hydrogen-bond donors (Lipinski definition) is 1. The molecular weight excluding hydrogens is 335 g/mol. The van der Waals surface area contributed by atoms with Crippen LogP contribution in [0.5, 0.6) is 0 Å². The Bertz CT molecular complexity index is 824. The van der Waals surface area contributed by atoms with Gasteiger partial charge in [-0.05, 0) is 17.7 Å². The lowest BCUT2D eigenvalue weighted by Crippen LogP contribution is -2.04. The molecule has 0 fully saturated rings. The van der Waals surface area contributed by atoms with Gasteiger partial charge in [0.1, 0.15) is 0 Å². The third-order valence-electron chi connectivity index (χ3n) is 3.19. The molecule has 122 valence electrons. The smallest absolute Gasteiger partial charge is 0.253 e. The highest BCUT2D eigenvalue weighted by molar-refractivity contribution is 7.14. The molecule has 0 aliphatic heterocycles. The van der Waals surface area contributed by atoms with Gasteiger partial charge in [-0.15, -0.1) is 11.3 Å². The van der Waals surface area contributed by atoms with Crippen molar-refractivity contribution in [3.8, 4) is 11.3 Å². The number of benzene rings is 2. The summed E-state index contributed by atoms with van der Waals surface area (Å²) in [4.78, 5) is 4.40. The van der Waals surface area contributed by atoms with E-state index < -0.39 is 11.7 Å². The number of anilines is 1. The lowest BCUT2D eigenvalue weighted by atomic mass is 10.1. The summed E-state index contributed by atoms with van der Waals surface area (Å²) in [6.45, 7) is 0. The van der Waals surface area contributed by atoms with Crippen LogP contribution in [-0.2, 0) is 6.18 Å². The second-order valence-corrected chi connectivity index (χ2v) is 5.75. The van der Waals surface area contributed by atoms with E-state index in [0.717, 1.165) is 23.4 Å². The van der Waals surface area contributed by atoms with E-state index in [1.165, 1.54) is 29.7 Å². The maximum absolute atomic E-state index is 12.5. The summed E-state index contributed by atoms with van der Waals surface area (Å²) in [7, 11) is 0. The molecular formula is C17H12F3N3S. The summed E-state index contributed by atoms with van der Waals surface area (Å²) in [5.41, 5.74) is 4.52. The molecule has 0 saturated heterocycles. The van der Waals surface area contributed by atoms with Gasteiger partial charge in [-0.3, -0.25) is 5.43 Å². The lowest BCUT2D eigenvalue weighted by Gasteiger charge is -2.05. The molecule has 0 atom stereocenters. The number of hydrazone groups is 1. The molecule has 0 amide bonds. The Morgan fingerprint density at radius 2 is 1.71 bits per heavy atom. The highest BCUT2D eigenvalue weighted by Crippen LogP contribution is 2.29. The minimum Gasteiger partial charge on any atom is -0.253 e. The van der Waals surface area contributed by atoms with Gasteiger partial charge in [0.25, 0.3) is 0 Å². The van der Waals surface area contributed by atoms with Crippen LogP contribution < -0.4 is 5.43 Å². The van der Waals surface area contributed by atoms with Crippen molar-refractivity contribution in [2.45, 2.75) is 6.18 Å². The molecule has 0 radical (unpaired) electrons. The van der Waals surface area contributed by atoms with Crippen molar-refractivity contribution in [3.63, 3.8) is 0 Å². The highest BCUT2D eigenvalue weighted by Gasteiger charge is 2.29. The molecule has 3 rings (SSSR count). The molecule has 0 unspecified atom stereocenters. The van der Waals surface area contributed by atoms with Gasteiger partial charge in [0.15, 0.2) is 0 Å². The van der Waals surface area contributed by atoms with Gasteiger partial charge >= 0.3 is 6.18 Å². The van der Waals surface area contributed by atoms with Gasteiger partial charge < -0.3 is 0 Å². The van der Waals surface area contributed by atoms with Crippen LogP contribution in [0.3, 0.4) is 0 Å². The third-order valence-corrected chi connectivity index (χ3v) is 3.93. The van der Waals surface area contributed by atoms with E-state index in [9.17, 15) is 13.2 Å². The number of alkyl halides is 3. The van der Waals surface area contributed by atoms with E-state index in [-0.39, 0.29) is 0 Å². The van der Waals surface area contributed by atoms with E-state index >= 15 is 0 Å². The first-order chi connectivity index (χ1) is 11.5. The van der Waals surface area contributed by atoms with Crippen molar-refractivity contribution < 1.29 is 13.2 Å². The van der Waals surface area contributed by atoms with Crippen LogP contribution in [0.25, 0.3) is 11.3 Å². The van der Waals surface area contributed by atoms with Crippen molar-refractivity contribution >= 4 is 22.7 Å². The fourth-order valence-corrected chi connectivity index (χ4v) is 2.66. The Balaban J connectivity index is 1.64. The predicted octanol–water partition coefficient (Wildman–Crippen LogP) is 5.27. The normalized spacial score (nSPS) is 11.8. The molecule has 0 bridgehead atoms. The topological polar surface area (TPSA) is 37.3 Å². The standard InChI is InChI=1S/C17H12F3N3S/c18-17(19,20)14-8-6-12(7-9-14)10-21-23-16-22-15(11-24-16)13-4-2-1-3-5-13/h1-11H,(H,22,23). The van der Waals surface area contributed by atoms with Gasteiger partial charge in [0.05, 0.1) is 17.5 Å². The molecule has 0 saturated carbocycles. The Morgan fingerprint density at radius 3 is 2.38 bits per heavy atom. The molecule has 1 N–H and O–H groups in total. The molecule has 3 nitrogen and oxygen atoms in total.